The van der Waals surface area contributed by atoms with Crippen LogP contribution in [0.15, 0.2) is 113 Å². The quantitative estimate of drug-likeness (QED) is 0.156. The minimum absolute atomic E-state index is 0.0601. The van der Waals surface area contributed by atoms with E-state index in [1.54, 1.807) is 41.3 Å². The van der Waals surface area contributed by atoms with Crippen molar-refractivity contribution in [3.05, 3.63) is 125 Å². The minimum atomic E-state index is -4.15. The second-order valence-corrected chi connectivity index (χ2v) is 14.9. The minimum Gasteiger partial charge on any atom is -0.352 e. The highest BCUT2D eigenvalue weighted by Crippen LogP contribution is 2.27. The summed E-state index contributed by atoms with van der Waals surface area (Å²) in [5, 5.41) is 3.23. The third-order valence-electron chi connectivity index (χ3n) is 8.82. The fourth-order valence-corrected chi connectivity index (χ4v) is 7.83. The van der Waals surface area contributed by atoms with Crippen LogP contribution in [0, 0.1) is 13.8 Å². The smallest absolute Gasteiger partial charge is 0.264 e. The van der Waals surface area contributed by atoms with Crippen LogP contribution in [0.1, 0.15) is 47.9 Å². The fraction of sp³-hybridized carbons (Fsp3) is 0.316. The Morgan fingerprint density at radius 3 is 2.13 bits per heavy atom. The van der Waals surface area contributed by atoms with Gasteiger partial charge in [0.1, 0.15) is 12.6 Å². The number of hydrogen-bond acceptors (Lipinski definition) is 5. The Hall–Kier alpha value is -4.08. The maximum Gasteiger partial charge on any atom is 0.264 e. The van der Waals surface area contributed by atoms with E-state index in [1.807, 2.05) is 86.8 Å². The summed E-state index contributed by atoms with van der Waals surface area (Å²) in [6.07, 6.45) is 6.15. The summed E-state index contributed by atoms with van der Waals surface area (Å²) in [5.41, 5.74) is 4.14. The van der Waals surface area contributed by atoms with E-state index in [1.165, 1.54) is 16.1 Å². The van der Waals surface area contributed by atoms with Crippen molar-refractivity contribution in [2.75, 3.05) is 17.1 Å². The van der Waals surface area contributed by atoms with Crippen LogP contribution in [0.5, 0.6) is 0 Å². The van der Waals surface area contributed by atoms with Crippen LogP contribution in [0.4, 0.5) is 5.69 Å². The average Bonchev–Trinajstić information content (AvgIpc) is 3.60. The van der Waals surface area contributed by atoms with Gasteiger partial charge < -0.3 is 10.2 Å². The van der Waals surface area contributed by atoms with Gasteiger partial charge in [-0.2, -0.15) is 0 Å². The lowest BCUT2D eigenvalue weighted by Crippen LogP contribution is -2.54. The summed E-state index contributed by atoms with van der Waals surface area (Å²) in [4.78, 5) is 31.5. The standard InChI is InChI=1S/C38H43N3O4S2/c1-28-17-19-33(20-18-28)41(47(44,45)35-23-21-34(46-3)22-24-35)27-37(42)40(26-31-14-8-7-11-29(31)2)36(25-30-12-5-4-6-13-30)38(43)39-32-15-9-10-16-32/h4-8,11-14,17-24,32,36H,9-10,15-16,25-27H2,1-3H3,(H,39,43)/t36-/m0/s1. The number of amides is 2. The van der Waals surface area contributed by atoms with E-state index in [4.69, 9.17) is 0 Å². The van der Waals surface area contributed by atoms with Crippen LogP contribution in [0.3, 0.4) is 0 Å². The van der Waals surface area contributed by atoms with E-state index in [0.29, 0.717) is 12.1 Å². The number of nitrogens with zero attached hydrogens (tertiary/aromatic N) is 2. The Kier molecular flexibility index (Phi) is 11.4. The molecule has 0 radical (unpaired) electrons. The summed E-state index contributed by atoms with van der Waals surface area (Å²) >= 11 is 1.52. The number of aryl methyl sites for hydroxylation is 2. The molecular weight excluding hydrogens is 627 g/mol. The van der Waals surface area contributed by atoms with Gasteiger partial charge >= 0.3 is 0 Å². The van der Waals surface area contributed by atoms with E-state index < -0.39 is 28.5 Å². The molecule has 0 heterocycles. The lowest BCUT2D eigenvalue weighted by molar-refractivity contribution is -0.140. The molecule has 1 saturated carbocycles. The third kappa shape index (κ3) is 8.64. The molecule has 5 rings (SSSR count). The van der Waals surface area contributed by atoms with Gasteiger partial charge in [0, 0.05) is 23.9 Å². The maximum absolute atomic E-state index is 14.7. The van der Waals surface area contributed by atoms with Crippen molar-refractivity contribution in [1.82, 2.24) is 10.2 Å². The second kappa shape index (κ2) is 15.7. The average molecular weight is 670 g/mol. The molecule has 0 spiro atoms. The van der Waals surface area contributed by atoms with Gasteiger partial charge in [-0.15, -0.1) is 11.8 Å². The third-order valence-corrected chi connectivity index (χ3v) is 11.4. The SMILES string of the molecule is CSc1ccc(S(=O)(=O)N(CC(=O)N(Cc2ccccc2C)[C@@H](Cc2ccccc2)C(=O)NC2CCCC2)c2ccc(C)cc2)cc1. The number of sulfonamides is 1. The van der Waals surface area contributed by atoms with Gasteiger partial charge in [0.2, 0.25) is 11.8 Å². The number of anilines is 1. The molecule has 0 bridgehead atoms. The molecule has 1 fully saturated rings. The first-order chi connectivity index (χ1) is 22.7. The Labute approximate surface area is 283 Å². The molecule has 7 nitrogen and oxygen atoms in total. The van der Waals surface area contributed by atoms with E-state index in [2.05, 4.69) is 5.32 Å². The summed E-state index contributed by atoms with van der Waals surface area (Å²) in [6.45, 7) is 3.59. The molecule has 0 saturated heterocycles. The predicted octanol–water partition coefficient (Wildman–Crippen LogP) is 6.92. The van der Waals surface area contributed by atoms with Crippen LogP contribution in [-0.2, 0) is 32.6 Å². The lowest BCUT2D eigenvalue weighted by atomic mass is 10.0. The zero-order valence-corrected chi connectivity index (χ0v) is 28.9. The van der Waals surface area contributed by atoms with Crippen LogP contribution in [0.2, 0.25) is 0 Å². The first-order valence-electron chi connectivity index (χ1n) is 16.1. The molecule has 246 valence electrons. The van der Waals surface area contributed by atoms with Gasteiger partial charge in [0.25, 0.3) is 10.0 Å². The maximum atomic E-state index is 14.7. The van der Waals surface area contributed by atoms with Gasteiger partial charge in [-0.3, -0.25) is 13.9 Å². The number of nitrogens with one attached hydrogen (secondary N) is 1. The predicted molar refractivity (Wildman–Crippen MR) is 190 cm³/mol. The number of carbonyl (C=O) groups is 2. The topological polar surface area (TPSA) is 86.8 Å². The lowest BCUT2D eigenvalue weighted by Gasteiger charge is -2.34. The molecule has 47 heavy (non-hydrogen) atoms. The van der Waals surface area contributed by atoms with Crippen LogP contribution in [-0.4, -0.2) is 50.0 Å². The van der Waals surface area contributed by atoms with Crippen molar-refractivity contribution in [3.8, 4) is 0 Å². The molecule has 0 aliphatic heterocycles. The first-order valence-corrected chi connectivity index (χ1v) is 18.7. The van der Waals surface area contributed by atoms with Crippen molar-refractivity contribution < 1.29 is 18.0 Å². The van der Waals surface area contributed by atoms with Gasteiger partial charge in [0.05, 0.1) is 10.6 Å². The van der Waals surface area contributed by atoms with Gasteiger partial charge in [-0.25, -0.2) is 8.42 Å². The first kappa shape index (κ1) is 34.3. The van der Waals surface area contributed by atoms with Crippen LogP contribution < -0.4 is 9.62 Å². The van der Waals surface area contributed by atoms with Crippen molar-refractivity contribution in [3.63, 3.8) is 0 Å². The molecule has 9 heteroatoms. The summed E-state index contributed by atoms with van der Waals surface area (Å²) in [7, 11) is -4.15. The second-order valence-electron chi connectivity index (χ2n) is 12.2. The highest BCUT2D eigenvalue weighted by molar-refractivity contribution is 7.98. The van der Waals surface area contributed by atoms with E-state index in [-0.39, 0.29) is 23.4 Å². The zero-order chi connectivity index (χ0) is 33.4. The number of thioether (sulfide) groups is 1. The highest BCUT2D eigenvalue weighted by atomic mass is 32.2. The molecule has 1 aliphatic carbocycles. The molecule has 1 N–H and O–H groups in total. The molecule has 2 amide bonds. The molecule has 4 aromatic carbocycles. The highest BCUT2D eigenvalue weighted by Gasteiger charge is 2.35. The Morgan fingerprint density at radius 1 is 0.851 bits per heavy atom. The van der Waals surface area contributed by atoms with Crippen LogP contribution in [0.25, 0.3) is 0 Å². The zero-order valence-electron chi connectivity index (χ0n) is 27.3. The summed E-state index contributed by atoms with van der Waals surface area (Å²) in [6, 6.07) is 30.4. The molecule has 4 aromatic rings. The van der Waals surface area contributed by atoms with Crippen molar-refractivity contribution in [2.45, 2.75) is 74.4 Å². The Bertz CT molecular complexity index is 1760. The number of hydrogen-bond donors (Lipinski definition) is 1. The molecule has 0 aromatic heterocycles. The van der Waals surface area contributed by atoms with E-state index >= 15 is 0 Å². The van der Waals surface area contributed by atoms with Crippen molar-refractivity contribution in [1.29, 1.82) is 0 Å². The van der Waals surface area contributed by atoms with E-state index in [0.717, 1.165) is 52.8 Å². The number of benzene rings is 4. The number of carbonyl (C=O) groups excluding carboxylic acids is 2. The summed E-state index contributed by atoms with van der Waals surface area (Å²) < 4.78 is 29.7. The fourth-order valence-electron chi connectivity index (χ4n) is 6.01. The molecule has 0 unspecified atom stereocenters. The Balaban J connectivity index is 1.56. The van der Waals surface area contributed by atoms with Gasteiger partial charge in [-0.1, -0.05) is 85.1 Å². The monoisotopic (exact) mass is 669 g/mol. The van der Waals surface area contributed by atoms with Crippen LogP contribution >= 0.6 is 11.8 Å². The molecule has 1 atom stereocenters. The number of rotatable bonds is 13. The van der Waals surface area contributed by atoms with Gasteiger partial charge in [0.15, 0.2) is 0 Å². The van der Waals surface area contributed by atoms with E-state index in [9.17, 15) is 18.0 Å². The molecular formula is C38H43N3O4S2. The largest absolute Gasteiger partial charge is 0.352 e. The normalized spacial score (nSPS) is 14.0. The van der Waals surface area contributed by atoms with Crippen molar-refractivity contribution >= 4 is 39.3 Å². The van der Waals surface area contributed by atoms with Crippen molar-refractivity contribution in [2.24, 2.45) is 0 Å². The molecule has 1 aliphatic rings. The summed E-state index contributed by atoms with van der Waals surface area (Å²) in [5.74, 6) is -0.680. The Morgan fingerprint density at radius 2 is 1.49 bits per heavy atom. The van der Waals surface area contributed by atoms with Gasteiger partial charge in [-0.05, 0) is 86.0 Å².